The summed E-state index contributed by atoms with van der Waals surface area (Å²) in [7, 11) is 0. The van der Waals surface area contributed by atoms with Crippen LogP contribution in [0.4, 0.5) is 0 Å². The Hall–Kier alpha value is -3.05. The van der Waals surface area contributed by atoms with E-state index in [0.717, 1.165) is 16.7 Å². The van der Waals surface area contributed by atoms with Gasteiger partial charge in [0, 0.05) is 43.4 Å². The molecule has 0 bridgehead atoms. The van der Waals surface area contributed by atoms with E-state index in [2.05, 4.69) is 9.97 Å². The van der Waals surface area contributed by atoms with Gasteiger partial charge in [-0.2, -0.15) is 0 Å². The van der Waals surface area contributed by atoms with Gasteiger partial charge in [0.1, 0.15) is 0 Å². The summed E-state index contributed by atoms with van der Waals surface area (Å²) < 4.78 is 0. The van der Waals surface area contributed by atoms with Crippen molar-refractivity contribution in [3.05, 3.63) is 83.9 Å². The Kier molecular flexibility index (Phi) is 5.71. The number of carbonyl (C=O) groups excluding carboxylic acids is 1. The highest BCUT2D eigenvalue weighted by Crippen LogP contribution is 2.21. The van der Waals surface area contributed by atoms with Crippen LogP contribution in [0.2, 0.25) is 0 Å². The van der Waals surface area contributed by atoms with Crippen LogP contribution in [-0.2, 0) is 6.54 Å². The number of rotatable bonds is 6. The second kappa shape index (κ2) is 8.36. The zero-order chi connectivity index (χ0) is 18.4. The molecule has 1 amide bonds. The van der Waals surface area contributed by atoms with Crippen LogP contribution in [0.5, 0.6) is 0 Å². The predicted molar refractivity (Wildman–Crippen MR) is 100 cm³/mol. The van der Waals surface area contributed by atoms with Crippen LogP contribution in [-0.4, -0.2) is 39.0 Å². The summed E-state index contributed by atoms with van der Waals surface area (Å²) in [6.45, 7) is 2.58. The number of pyridine rings is 2. The van der Waals surface area contributed by atoms with Crippen molar-refractivity contribution >= 4 is 5.91 Å². The molecule has 0 spiro atoms. The van der Waals surface area contributed by atoms with Gasteiger partial charge in [-0.3, -0.25) is 14.8 Å². The van der Waals surface area contributed by atoms with Crippen molar-refractivity contribution in [2.24, 2.45) is 0 Å². The molecule has 3 aromatic rings. The standard InChI is InChI=1S/C21H21N3O2/c1-16-4-6-18(7-5-16)19-11-20(14-23-13-19)21(26)24(9-10-25)15-17-3-2-8-22-12-17/h2-8,11-14,25H,9-10,15H2,1H3. The monoisotopic (exact) mass is 347 g/mol. The topological polar surface area (TPSA) is 66.3 Å². The van der Waals surface area contributed by atoms with Gasteiger partial charge < -0.3 is 10.0 Å². The summed E-state index contributed by atoms with van der Waals surface area (Å²) in [4.78, 5) is 22.8. The van der Waals surface area contributed by atoms with Crippen molar-refractivity contribution in [2.75, 3.05) is 13.2 Å². The summed E-state index contributed by atoms with van der Waals surface area (Å²) in [5, 5.41) is 9.34. The first-order chi connectivity index (χ1) is 12.7. The molecule has 0 atom stereocenters. The molecule has 0 aliphatic carbocycles. The lowest BCUT2D eigenvalue weighted by Crippen LogP contribution is -2.33. The normalized spacial score (nSPS) is 10.5. The van der Waals surface area contributed by atoms with Gasteiger partial charge in [0.25, 0.3) is 5.91 Å². The van der Waals surface area contributed by atoms with E-state index in [1.165, 1.54) is 5.56 Å². The molecular weight excluding hydrogens is 326 g/mol. The van der Waals surface area contributed by atoms with E-state index >= 15 is 0 Å². The van der Waals surface area contributed by atoms with Gasteiger partial charge >= 0.3 is 0 Å². The summed E-state index contributed by atoms with van der Waals surface area (Å²) >= 11 is 0. The van der Waals surface area contributed by atoms with Gasteiger partial charge in [0.2, 0.25) is 0 Å². The molecule has 0 saturated carbocycles. The number of carbonyl (C=O) groups is 1. The largest absolute Gasteiger partial charge is 0.395 e. The van der Waals surface area contributed by atoms with Crippen molar-refractivity contribution in [1.29, 1.82) is 0 Å². The van der Waals surface area contributed by atoms with Gasteiger partial charge in [0.15, 0.2) is 0 Å². The first kappa shape index (κ1) is 17.8. The highest BCUT2D eigenvalue weighted by atomic mass is 16.3. The third kappa shape index (κ3) is 4.32. The SMILES string of the molecule is Cc1ccc(-c2cncc(C(=O)N(CCO)Cc3cccnc3)c2)cc1. The lowest BCUT2D eigenvalue weighted by Gasteiger charge is -2.22. The van der Waals surface area contributed by atoms with Crippen LogP contribution < -0.4 is 0 Å². The van der Waals surface area contributed by atoms with Crippen LogP contribution in [0.25, 0.3) is 11.1 Å². The number of benzene rings is 1. The van der Waals surface area contributed by atoms with Crippen molar-refractivity contribution in [1.82, 2.24) is 14.9 Å². The van der Waals surface area contributed by atoms with E-state index in [1.807, 2.05) is 49.4 Å². The molecular formula is C21H21N3O2. The van der Waals surface area contributed by atoms with Crippen LogP contribution >= 0.6 is 0 Å². The van der Waals surface area contributed by atoms with Gasteiger partial charge in [-0.05, 0) is 30.2 Å². The number of aliphatic hydroxyl groups is 1. The Morgan fingerprint density at radius 1 is 1.04 bits per heavy atom. The fourth-order valence-electron chi connectivity index (χ4n) is 2.73. The van der Waals surface area contributed by atoms with Gasteiger partial charge in [-0.1, -0.05) is 35.9 Å². The Morgan fingerprint density at radius 3 is 2.54 bits per heavy atom. The molecule has 0 aliphatic rings. The zero-order valence-electron chi connectivity index (χ0n) is 14.7. The second-order valence-electron chi connectivity index (χ2n) is 6.14. The summed E-state index contributed by atoms with van der Waals surface area (Å²) in [5.74, 6) is -0.163. The highest BCUT2D eigenvalue weighted by molar-refractivity contribution is 5.95. The maximum absolute atomic E-state index is 12.9. The van der Waals surface area contributed by atoms with Gasteiger partial charge in [-0.15, -0.1) is 0 Å². The molecule has 132 valence electrons. The molecule has 26 heavy (non-hydrogen) atoms. The summed E-state index contributed by atoms with van der Waals surface area (Å²) in [6, 6.07) is 13.7. The number of aryl methyl sites for hydroxylation is 1. The van der Waals surface area contributed by atoms with Gasteiger partial charge in [0.05, 0.1) is 12.2 Å². The molecule has 1 N–H and O–H groups in total. The van der Waals surface area contributed by atoms with E-state index in [-0.39, 0.29) is 19.1 Å². The minimum atomic E-state index is -0.163. The zero-order valence-corrected chi connectivity index (χ0v) is 14.7. The Morgan fingerprint density at radius 2 is 1.85 bits per heavy atom. The molecule has 5 heteroatoms. The van der Waals surface area contributed by atoms with Crippen molar-refractivity contribution in [3.63, 3.8) is 0 Å². The average Bonchev–Trinajstić information content (AvgIpc) is 2.68. The Labute approximate surface area is 153 Å². The van der Waals surface area contributed by atoms with Crippen molar-refractivity contribution in [2.45, 2.75) is 13.5 Å². The minimum absolute atomic E-state index is 0.100. The molecule has 0 aliphatic heterocycles. The lowest BCUT2D eigenvalue weighted by molar-refractivity contribution is 0.0707. The predicted octanol–water partition coefficient (Wildman–Crippen LogP) is 3.09. The number of aromatic nitrogens is 2. The molecule has 0 fully saturated rings. The smallest absolute Gasteiger partial charge is 0.255 e. The van der Waals surface area contributed by atoms with E-state index in [9.17, 15) is 9.90 Å². The molecule has 5 nitrogen and oxygen atoms in total. The average molecular weight is 347 g/mol. The fraction of sp³-hybridized carbons (Fsp3) is 0.190. The maximum atomic E-state index is 12.9. The minimum Gasteiger partial charge on any atom is -0.395 e. The van der Waals surface area contributed by atoms with Crippen LogP contribution in [0.3, 0.4) is 0 Å². The van der Waals surface area contributed by atoms with E-state index < -0.39 is 0 Å². The van der Waals surface area contributed by atoms with Crippen LogP contribution in [0, 0.1) is 6.92 Å². The number of hydrogen-bond acceptors (Lipinski definition) is 4. The third-order valence-corrected chi connectivity index (χ3v) is 4.12. The maximum Gasteiger partial charge on any atom is 0.255 e. The Balaban J connectivity index is 1.85. The number of amides is 1. The summed E-state index contributed by atoms with van der Waals surface area (Å²) in [5.41, 5.74) is 4.50. The summed E-state index contributed by atoms with van der Waals surface area (Å²) in [6.07, 6.45) is 6.72. The molecule has 2 aromatic heterocycles. The number of aliphatic hydroxyl groups excluding tert-OH is 1. The van der Waals surface area contributed by atoms with E-state index in [1.54, 1.807) is 29.7 Å². The quantitative estimate of drug-likeness (QED) is 0.744. The lowest BCUT2D eigenvalue weighted by atomic mass is 10.0. The number of hydrogen-bond donors (Lipinski definition) is 1. The van der Waals surface area contributed by atoms with Gasteiger partial charge in [-0.25, -0.2) is 0 Å². The van der Waals surface area contributed by atoms with Crippen LogP contribution in [0.15, 0.2) is 67.3 Å². The Bertz CT molecular complexity index is 864. The molecule has 3 rings (SSSR count). The molecule has 2 heterocycles. The fourth-order valence-corrected chi connectivity index (χ4v) is 2.73. The molecule has 0 unspecified atom stereocenters. The van der Waals surface area contributed by atoms with E-state index in [0.29, 0.717) is 12.1 Å². The third-order valence-electron chi connectivity index (χ3n) is 4.12. The first-order valence-electron chi connectivity index (χ1n) is 8.48. The number of nitrogens with zero attached hydrogens (tertiary/aromatic N) is 3. The first-order valence-corrected chi connectivity index (χ1v) is 8.48. The molecule has 1 aromatic carbocycles. The van der Waals surface area contributed by atoms with Crippen molar-refractivity contribution in [3.8, 4) is 11.1 Å². The second-order valence-corrected chi connectivity index (χ2v) is 6.14. The van der Waals surface area contributed by atoms with E-state index in [4.69, 9.17) is 0 Å². The molecule has 0 radical (unpaired) electrons. The van der Waals surface area contributed by atoms with Crippen LogP contribution in [0.1, 0.15) is 21.5 Å². The molecule has 0 saturated heterocycles. The highest BCUT2D eigenvalue weighted by Gasteiger charge is 2.17. The van der Waals surface area contributed by atoms with Crippen molar-refractivity contribution < 1.29 is 9.90 Å².